The monoisotopic (exact) mass is 618 g/mol. The molecule has 0 aliphatic carbocycles. The average molecular weight is 620 g/mol. The van der Waals surface area contributed by atoms with E-state index in [1.807, 2.05) is 34.5 Å². The maximum Gasteiger partial charge on any atom is 0.293 e. The molecule has 2 aromatic carbocycles. The van der Waals surface area contributed by atoms with Gasteiger partial charge in [-0.05, 0) is 72.2 Å². The molecule has 0 unspecified atom stereocenters. The number of piperazine rings is 1. The normalized spacial score (nSPS) is 13.3. The highest BCUT2D eigenvalue weighted by Crippen LogP contribution is 2.32. The van der Waals surface area contributed by atoms with Crippen LogP contribution in [0.5, 0.6) is 0 Å². The third kappa shape index (κ3) is 6.40. The number of rotatable bonds is 5. The minimum Gasteiger partial charge on any atom is -0.451 e. The van der Waals surface area contributed by atoms with E-state index in [4.69, 9.17) is 51.4 Å². The molecule has 2 aromatic heterocycles. The van der Waals surface area contributed by atoms with Crippen LogP contribution < -0.4 is 15.5 Å². The van der Waals surface area contributed by atoms with Gasteiger partial charge in [-0.25, -0.2) is 0 Å². The van der Waals surface area contributed by atoms with Crippen molar-refractivity contribution in [2.45, 2.75) is 0 Å². The van der Waals surface area contributed by atoms with Crippen molar-refractivity contribution in [2.24, 2.45) is 0 Å². The van der Waals surface area contributed by atoms with Crippen LogP contribution in [0.4, 0.5) is 11.4 Å². The Morgan fingerprint density at radius 2 is 1.72 bits per heavy atom. The van der Waals surface area contributed by atoms with Crippen molar-refractivity contribution in [3.05, 3.63) is 91.7 Å². The van der Waals surface area contributed by atoms with E-state index < -0.39 is 5.91 Å². The molecule has 5 rings (SSSR count). The molecular weight excluding hydrogens is 599 g/mol. The molecule has 0 saturated carbocycles. The number of furan rings is 1. The molecule has 4 aromatic rings. The lowest BCUT2D eigenvalue weighted by molar-refractivity contribution is 0.0751. The Morgan fingerprint density at radius 1 is 0.923 bits per heavy atom. The van der Waals surface area contributed by atoms with Crippen LogP contribution >= 0.6 is 58.4 Å². The van der Waals surface area contributed by atoms with Gasteiger partial charge in [-0.1, -0.05) is 40.9 Å². The summed E-state index contributed by atoms with van der Waals surface area (Å²) in [6.07, 6.45) is 0. The van der Waals surface area contributed by atoms with E-state index in [2.05, 4.69) is 15.5 Å². The summed E-state index contributed by atoms with van der Waals surface area (Å²) in [5.74, 6) is 0.0527. The first kappa shape index (κ1) is 27.5. The molecule has 1 aliphatic rings. The number of thiophene rings is 1. The summed E-state index contributed by atoms with van der Waals surface area (Å²) >= 11 is 25.5. The number of thiocarbonyl (C=S) groups is 1. The van der Waals surface area contributed by atoms with Crippen LogP contribution in [-0.4, -0.2) is 48.0 Å². The lowest BCUT2D eigenvalue weighted by Crippen LogP contribution is -2.48. The molecule has 12 heteroatoms. The molecule has 39 heavy (non-hydrogen) atoms. The zero-order chi connectivity index (χ0) is 27.5. The molecule has 2 N–H and O–H groups in total. The SMILES string of the molecule is O=C(NC(=S)Nc1ccc(N2CCN(C(=O)c3cccs3)CC2)c(Cl)c1)c1ccc(-c2ccc(Cl)cc2Cl)o1. The summed E-state index contributed by atoms with van der Waals surface area (Å²) in [7, 11) is 0. The summed E-state index contributed by atoms with van der Waals surface area (Å²) in [6, 6.07) is 17.4. The number of hydrogen-bond acceptors (Lipinski definition) is 6. The van der Waals surface area contributed by atoms with Crippen LogP contribution in [-0.2, 0) is 0 Å². The summed E-state index contributed by atoms with van der Waals surface area (Å²) < 4.78 is 5.67. The second-order valence-electron chi connectivity index (χ2n) is 8.62. The van der Waals surface area contributed by atoms with Gasteiger partial charge in [-0.2, -0.15) is 0 Å². The van der Waals surface area contributed by atoms with Gasteiger partial charge < -0.3 is 19.5 Å². The molecule has 0 atom stereocenters. The molecule has 1 aliphatic heterocycles. The number of anilines is 2. The number of nitrogens with zero attached hydrogens (tertiary/aromatic N) is 2. The first-order chi connectivity index (χ1) is 18.8. The van der Waals surface area contributed by atoms with Crippen LogP contribution in [0.15, 0.2) is 70.5 Å². The van der Waals surface area contributed by atoms with Gasteiger partial charge in [0.2, 0.25) is 0 Å². The molecule has 2 amide bonds. The van der Waals surface area contributed by atoms with E-state index in [0.29, 0.717) is 58.3 Å². The Morgan fingerprint density at radius 3 is 2.41 bits per heavy atom. The zero-order valence-corrected chi connectivity index (χ0v) is 24.1. The number of nitrogens with one attached hydrogen (secondary N) is 2. The van der Waals surface area contributed by atoms with Gasteiger partial charge in [0.15, 0.2) is 10.9 Å². The Bertz CT molecular complexity index is 1530. The lowest BCUT2D eigenvalue weighted by Gasteiger charge is -2.36. The molecular formula is C27H21Cl3N4O3S2. The third-order valence-corrected chi connectivity index (χ3v) is 8.01. The van der Waals surface area contributed by atoms with Crippen molar-refractivity contribution in [3.8, 4) is 11.3 Å². The van der Waals surface area contributed by atoms with Gasteiger partial charge in [-0.3, -0.25) is 14.9 Å². The smallest absolute Gasteiger partial charge is 0.293 e. The Labute approximate surface area is 249 Å². The molecule has 0 radical (unpaired) electrons. The van der Waals surface area contributed by atoms with Crippen molar-refractivity contribution >= 4 is 86.7 Å². The Hall–Kier alpha value is -3.08. The quantitative estimate of drug-likeness (QED) is 0.233. The van der Waals surface area contributed by atoms with Crippen LogP contribution in [0.3, 0.4) is 0 Å². The molecule has 200 valence electrons. The van der Waals surface area contributed by atoms with Crippen LogP contribution in [0.1, 0.15) is 20.2 Å². The fraction of sp³-hybridized carbons (Fsp3) is 0.148. The van der Waals surface area contributed by atoms with Crippen molar-refractivity contribution in [3.63, 3.8) is 0 Å². The zero-order valence-electron chi connectivity index (χ0n) is 20.2. The fourth-order valence-corrected chi connectivity index (χ4v) is 5.87. The van der Waals surface area contributed by atoms with Gasteiger partial charge >= 0.3 is 0 Å². The third-order valence-electron chi connectivity index (χ3n) is 6.10. The highest BCUT2D eigenvalue weighted by Gasteiger charge is 2.24. The second kappa shape index (κ2) is 12.0. The first-order valence-electron chi connectivity index (χ1n) is 11.8. The van der Waals surface area contributed by atoms with Crippen LogP contribution in [0.25, 0.3) is 11.3 Å². The number of carbonyl (C=O) groups is 2. The average Bonchev–Trinajstić information content (AvgIpc) is 3.62. The number of carbonyl (C=O) groups excluding carboxylic acids is 2. The highest BCUT2D eigenvalue weighted by atomic mass is 35.5. The fourth-order valence-electron chi connectivity index (χ4n) is 4.17. The van der Waals surface area contributed by atoms with E-state index in [1.165, 1.54) is 17.4 Å². The van der Waals surface area contributed by atoms with Crippen molar-refractivity contribution in [2.75, 3.05) is 36.4 Å². The summed E-state index contributed by atoms with van der Waals surface area (Å²) in [4.78, 5) is 30.0. The number of hydrogen-bond donors (Lipinski definition) is 2. The standard InChI is InChI=1S/C27H21Cl3N4O3S2/c28-16-3-5-18(19(29)14-16)22-7-8-23(37-22)25(35)32-27(38)31-17-4-6-21(20(30)15-17)33-9-11-34(12-10-33)26(36)24-2-1-13-39-24/h1-8,13-15H,9-12H2,(H2,31,32,35,38). The number of halogens is 3. The number of benzene rings is 2. The summed E-state index contributed by atoms with van der Waals surface area (Å²) in [5, 5.41) is 9.01. The molecule has 7 nitrogen and oxygen atoms in total. The van der Waals surface area contributed by atoms with Gasteiger partial charge in [0.25, 0.3) is 11.8 Å². The maximum absolute atomic E-state index is 12.7. The topological polar surface area (TPSA) is 77.8 Å². The minimum absolute atomic E-state index is 0.0606. The molecule has 0 spiro atoms. The summed E-state index contributed by atoms with van der Waals surface area (Å²) in [5.41, 5.74) is 2.10. The van der Waals surface area contributed by atoms with Gasteiger partial charge in [-0.15, -0.1) is 11.3 Å². The highest BCUT2D eigenvalue weighted by molar-refractivity contribution is 7.80. The Balaban J connectivity index is 1.16. The Kier molecular flexibility index (Phi) is 8.44. The van der Waals surface area contributed by atoms with Gasteiger partial charge in [0.05, 0.1) is 20.6 Å². The van der Waals surface area contributed by atoms with Crippen LogP contribution in [0, 0.1) is 0 Å². The van der Waals surface area contributed by atoms with Crippen molar-refractivity contribution in [1.82, 2.24) is 10.2 Å². The second-order valence-corrected chi connectivity index (χ2v) is 11.2. The van der Waals surface area contributed by atoms with E-state index in [-0.39, 0.29) is 16.8 Å². The molecule has 1 saturated heterocycles. The van der Waals surface area contributed by atoms with Crippen molar-refractivity contribution in [1.29, 1.82) is 0 Å². The molecule has 0 bridgehead atoms. The predicted octanol–water partition coefficient (Wildman–Crippen LogP) is 7.06. The van der Waals surface area contributed by atoms with E-state index in [1.54, 1.807) is 30.3 Å². The van der Waals surface area contributed by atoms with E-state index in [0.717, 1.165) is 10.6 Å². The van der Waals surface area contributed by atoms with E-state index in [9.17, 15) is 9.59 Å². The summed E-state index contributed by atoms with van der Waals surface area (Å²) in [6.45, 7) is 2.57. The largest absolute Gasteiger partial charge is 0.451 e. The van der Waals surface area contributed by atoms with Gasteiger partial charge in [0, 0.05) is 42.5 Å². The number of amides is 2. The molecule has 3 heterocycles. The minimum atomic E-state index is -0.512. The lowest BCUT2D eigenvalue weighted by atomic mass is 10.2. The van der Waals surface area contributed by atoms with Crippen LogP contribution in [0.2, 0.25) is 15.1 Å². The molecule has 1 fully saturated rings. The van der Waals surface area contributed by atoms with Crippen molar-refractivity contribution < 1.29 is 14.0 Å². The first-order valence-corrected chi connectivity index (χ1v) is 14.3. The predicted molar refractivity (Wildman–Crippen MR) is 162 cm³/mol. The van der Waals surface area contributed by atoms with E-state index >= 15 is 0 Å². The van der Waals surface area contributed by atoms with Gasteiger partial charge in [0.1, 0.15) is 5.76 Å². The maximum atomic E-state index is 12.7.